The minimum atomic E-state index is -3.60. The van der Waals surface area contributed by atoms with E-state index in [4.69, 9.17) is 0 Å². The highest BCUT2D eigenvalue weighted by molar-refractivity contribution is 7.92. The summed E-state index contributed by atoms with van der Waals surface area (Å²) in [5, 5.41) is 0. The summed E-state index contributed by atoms with van der Waals surface area (Å²) in [4.78, 5) is 21.3. The minimum absolute atomic E-state index is 0.210. The highest BCUT2D eigenvalue weighted by Gasteiger charge is 2.13. The predicted molar refractivity (Wildman–Crippen MR) is 65.9 cm³/mol. The van der Waals surface area contributed by atoms with Gasteiger partial charge in [0.15, 0.2) is 0 Å². The molecule has 0 saturated heterocycles. The SMILES string of the molecule is COC(=O)CCS(=O)(=O)Nc1ccc(C=O)cc1. The lowest BCUT2D eigenvalue weighted by atomic mass is 10.2. The highest BCUT2D eigenvalue weighted by atomic mass is 32.2. The monoisotopic (exact) mass is 271 g/mol. The van der Waals surface area contributed by atoms with Crippen LogP contribution in [0.1, 0.15) is 16.8 Å². The molecule has 0 heterocycles. The average molecular weight is 271 g/mol. The van der Waals surface area contributed by atoms with E-state index in [-0.39, 0.29) is 12.2 Å². The fraction of sp³-hybridized carbons (Fsp3) is 0.273. The number of sulfonamides is 1. The maximum Gasteiger partial charge on any atom is 0.306 e. The van der Waals surface area contributed by atoms with Crippen LogP contribution in [0, 0.1) is 0 Å². The number of hydrogen-bond donors (Lipinski definition) is 1. The lowest BCUT2D eigenvalue weighted by Gasteiger charge is -2.07. The molecule has 0 aliphatic carbocycles. The molecule has 0 aromatic heterocycles. The van der Waals surface area contributed by atoms with E-state index >= 15 is 0 Å². The van der Waals surface area contributed by atoms with E-state index in [1.165, 1.54) is 31.4 Å². The second-order valence-corrected chi connectivity index (χ2v) is 5.33. The van der Waals surface area contributed by atoms with Crippen LogP contribution < -0.4 is 4.72 Å². The topological polar surface area (TPSA) is 89.5 Å². The van der Waals surface area contributed by atoms with Crippen molar-refractivity contribution in [2.45, 2.75) is 6.42 Å². The molecule has 1 N–H and O–H groups in total. The fourth-order valence-corrected chi connectivity index (χ4v) is 2.21. The number of carbonyl (C=O) groups is 2. The molecule has 0 spiro atoms. The summed E-state index contributed by atoms with van der Waals surface area (Å²) in [5.74, 6) is -0.938. The van der Waals surface area contributed by atoms with Crippen LogP contribution >= 0.6 is 0 Å². The molecule has 7 heteroatoms. The molecule has 0 radical (unpaired) electrons. The number of methoxy groups -OCH3 is 1. The molecular formula is C11H13NO5S. The first-order valence-electron chi connectivity index (χ1n) is 5.09. The Morgan fingerprint density at radius 2 is 1.94 bits per heavy atom. The molecule has 1 aromatic rings. The zero-order chi connectivity index (χ0) is 13.6. The van der Waals surface area contributed by atoms with Gasteiger partial charge in [-0.2, -0.15) is 0 Å². The standard InChI is InChI=1S/C11H13NO5S/c1-17-11(14)6-7-18(15,16)12-10-4-2-9(8-13)3-5-10/h2-5,8,12H,6-7H2,1H3. The molecule has 0 aliphatic heterocycles. The van der Waals surface area contributed by atoms with E-state index in [9.17, 15) is 18.0 Å². The van der Waals surface area contributed by atoms with Crippen molar-refractivity contribution in [3.8, 4) is 0 Å². The second-order valence-electron chi connectivity index (χ2n) is 3.49. The molecule has 1 aromatic carbocycles. The van der Waals surface area contributed by atoms with Crippen molar-refractivity contribution in [1.82, 2.24) is 0 Å². The third kappa shape index (κ3) is 4.54. The third-order valence-corrected chi connectivity index (χ3v) is 3.41. The summed E-state index contributed by atoms with van der Waals surface area (Å²) in [5.41, 5.74) is 0.790. The fourth-order valence-electron chi connectivity index (χ4n) is 1.18. The van der Waals surface area contributed by atoms with Gasteiger partial charge in [-0.3, -0.25) is 14.3 Å². The minimum Gasteiger partial charge on any atom is -0.469 e. The van der Waals surface area contributed by atoms with Gasteiger partial charge in [0.25, 0.3) is 0 Å². The number of nitrogens with one attached hydrogen (secondary N) is 1. The Morgan fingerprint density at radius 3 is 2.44 bits per heavy atom. The van der Waals surface area contributed by atoms with Gasteiger partial charge >= 0.3 is 5.97 Å². The highest BCUT2D eigenvalue weighted by Crippen LogP contribution is 2.10. The molecule has 0 fully saturated rings. The quantitative estimate of drug-likeness (QED) is 0.610. The Kier molecular flexibility index (Phi) is 4.85. The molecule has 1 rings (SSSR count). The van der Waals surface area contributed by atoms with Crippen molar-refractivity contribution in [3.05, 3.63) is 29.8 Å². The summed E-state index contributed by atoms with van der Waals surface area (Å²) in [6.07, 6.45) is 0.452. The molecule has 98 valence electrons. The van der Waals surface area contributed by atoms with E-state index in [1.807, 2.05) is 0 Å². The van der Waals surface area contributed by atoms with Gasteiger partial charge < -0.3 is 4.74 Å². The Bertz CT molecular complexity index is 521. The molecule has 0 atom stereocenters. The first kappa shape index (κ1) is 14.2. The zero-order valence-electron chi connectivity index (χ0n) is 9.75. The number of ether oxygens (including phenoxy) is 1. The molecule has 0 amide bonds. The van der Waals surface area contributed by atoms with Gasteiger partial charge in [-0.05, 0) is 24.3 Å². The van der Waals surface area contributed by atoms with Crippen LogP contribution in [0.4, 0.5) is 5.69 Å². The molecule has 0 aliphatic rings. The van der Waals surface area contributed by atoms with E-state index in [0.29, 0.717) is 17.5 Å². The summed E-state index contributed by atoms with van der Waals surface area (Å²) >= 11 is 0. The van der Waals surface area contributed by atoms with E-state index in [1.54, 1.807) is 0 Å². The van der Waals surface area contributed by atoms with Gasteiger partial charge in [-0.25, -0.2) is 8.42 Å². The van der Waals surface area contributed by atoms with E-state index < -0.39 is 16.0 Å². The zero-order valence-corrected chi connectivity index (χ0v) is 10.6. The third-order valence-electron chi connectivity index (χ3n) is 2.12. The Labute approximate surface area is 105 Å². The first-order chi connectivity index (χ1) is 8.46. The smallest absolute Gasteiger partial charge is 0.306 e. The number of esters is 1. The van der Waals surface area contributed by atoms with Crippen LogP contribution in [-0.2, 0) is 19.6 Å². The summed E-state index contributed by atoms with van der Waals surface area (Å²) < 4.78 is 29.8. The number of anilines is 1. The molecule has 6 nitrogen and oxygen atoms in total. The normalized spacial score (nSPS) is 10.7. The van der Waals surface area contributed by atoms with E-state index in [2.05, 4.69) is 9.46 Å². The van der Waals surface area contributed by atoms with Crippen molar-refractivity contribution in [2.24, 2.45) is 0 Å². The molecule has 0 saturated carbocycles. The van der Waals surface area contributed by atoms with Crippen LogP contribution in [0.25, 0.3) is 0 Å². The van der Waals surface area contributed by atoms with E-state index in [0.717, 1.165) is 0 Å². The summed E-state index contributed by atoms with van der Waals surface area (Å²) in [7, 11) is -2.40. The maximum atomic E-state index is 11.6. The number of carbonyl (C=O) groups excluding carboxylic acids is 2. The Balaban J connectivity index is 2.64. The molecule has 0 unspecified atom stereocenters. The van der Waals surface area contributed by atoms with Crippen LogP contribution in [-0.4, -0.2) is 33.5 Å². The van der Waals surface area contributed by atoms with Gasteiger partial charge in [0.2, 0.25) is 10.0 Å². The van der Waals surface area contributed by atoms with Gasteiger partial charge in [0.05, 0.1) is 19.3 Å². The lowest BCUT2D eigenvalue weighted by molar-refractivity contribution is -0.140. The van der Waals surface area contributed by atoms with Crippen molar-refractivity contribution < 1.29 is 22.7 Å². The van der Waals surface area contributed by atoms with Gasteiger partial charge in [0, 0.05) is 11.3 Å². The lowest BCUT2D eigenvalue weighted by Crippen LogP contribution is -2.19. The van der Waals surface area contributed by atoms with Crippen molar-refractivity contribution >= 4 is 28.0 Å². The van der Waals surface area contributed by atoms with Gasteiger partial charge in [-0.15, -0.1) is 0 Å². The number of benzene rings is 1. The number of aldehydes is 1. The van der Waals surface area contributed by atoms with Crippen LogP contribution in [0.2, 0.25) is 0 Å². The van der Waals surface area contributed by atoms with Crippen LogP contribution in [0.5, 0.6) is 0 Å². The largest absolute Gasteiger partial charge is 0.469 e. The first-order valence-corrected chi connectivity index (χ1v) is 6.74. The summed E-state index contributed by atoms with van der Waals surface area (Å²) in [6.45, 7) is 0. The molecule has 0 bridgehead atoms. The van der Waals surface area contributed by atoms with Crippen molar-refractivity contribution in [1.29, 1.82) is 0 Å². The molecular weight excluding hydrogens is 258 g/mol. The maximum absolute atomic E-state index is 11.6. The second kappa shape index (κ2) is 6.15. The predicted octanol–water partition coefficient (Wildman–Crippen LogP) is 0.804. The summed E-state index contributed by atoms with van der Waals surface area (Å²) in [6, 6.07) is 5.93. The van der Waals surface area contributed by atoms with Crippen LogP contribution in [0.3, 0.4) is 0 Å². The molecule has 18 heavy (non-hydrogen) atoms. The van der Waals surface area contributed by atoms with Crippen molar-refractivity contribution in [3.63, 3.8) is 0 Å². The van der Waals surface area contributed by atoms with Crippen LogP contribution in [0.15, 0.2) is 24.3 Å². The van der Waals surface area contributed by atoms with Crippen molar-refractivity contribution in [2.75, 3.05) is 17.6 Å². The Hall–Kier alpha value is -1.89. The Morgan fingerprint density at radius 1 is 1.33 bits per heavy atom. The van der Waals surface area contributed by atoms with Gasteiger partial charge in [0.1, 0.15) is 6.29 Å². The average Bonchev–Trinajstić information content (AvgIpc) is 2.36. The number of rotatable bonds is 6. The van der Waals surface area contributed by atoms with Gasteiger partial charge in [-0.1, -0.05) is 0 Å². The number of hydrogen-bond acceptors (Lipinski definition) is 5.